The van der Waals surface area contributed by atoms with E-state index in [1.807, 2.05) is 12.1 Å². The summed E-state index contributed by atoms with van der Waals surface area (Å²) in [6.07, 6.45) is 0. The number of fused-ring (bicyclic) bond motifs is 17. The minimum atomic E-state index is 0.898. The zero-order chi connectivity index (χ0) is 41.4. The zero-order valence-corrected chi connectivity index (χ0v) is 34.3. The summed E-state index contributed by atoms with van der Waals surface area (Å²) in [7, 11) is 0. The number of para-hydroxylation sites is 2. The highest BCUT2D eigenvalue weighted by Crippen LogP contribution is 2.56. The Bertz CT molecular complexity index is 4470. The molecule has 2 aliphatic rings. The van der Waals surface area contributed by atoms with Gasteiger partial charge in [0.1, 0.15) is 22.3 Å². The van der Waals surface area contributed by atoms with Crippen LogP contribution in [0.25, 0.3) is 165 Å². The summed E-state index contributed by atoms with van der Waals surface area (Å²) in [6.45, 7) is 0. The Kier molecular flexibility index (Phi) is 6.08. The van der Waals surface area contributed by atoms with E-state index in [2.05, 4.69) is 182 Å². The first-order valence-electron chi connectivity index (χ1n) is 22.1. The van der Waals surface area contributed by atoms with Gasteiger partial charge in [0.15, 0.2) is 0 Å². The van der Waals surface area contributed by atoms with Crippen LogP contribution in [0.2, 0.25) is 0 Å². The highest BCUT2D eigenvalue weighted by atomic mass is 16.3. The highest BCUT2D eigenvalue weighted by molar-refractivity contribution is 6.30. The summed E-state index contributed by atoms with van der Waals surface area (Å²) in [4.78, 5) is 0. The second-order valence-electron chi connectivity index (χ2n) is 17.8. The molecule has 16 rings (SSSR count). The van der Waals surface area contributed by atoms with E-state index in [4.69, 9.17) is 8.83 Å². The standard InChI is InChI=1S/C62H32O2/c1-3-19-55-38(13-1)40-23-21-35(27-57(40)63-55)47-29-48-37(49-30-50-42-15-5-9-33-10-6-16-43(59(33)42)51(50)31-53(47)49)25-26-45-52(48)32-54-44-17-7-11-34-12-8-18-46(60(34)44)62(54)61(45)36-22-24-41-39-14-2-4-20-56(39)64-58(41)28-36/h1-32H. The summed E-state index contributed by atoms with van der Waals surface area (Å²) < 4.78 is 13.1. The largest absolute Gasteiger partial charge is 0.456 e. The van der Waals surface area contributed by atoms with Crippen molar-refractivity contribution in [3.8, 4) is 66.8 Å². The SMILES string of the molecule is c1cc2c3c(cccc3c1)-c1cc3c(cc1-2)c(-c1ccc2c(c1)oc1ccccc12)cc1c2cc4c(c(-c5ccc6c(c5)oc5ccccc56)c2ccc31)-c1cccc2cccc-4c12. The summed E-state index contributed by atoms with van der Waals surface area (Å²) in [5, 5.41) is 17.2. The van der Waals surface area contributed by atoms with Gasteiger partial charge in [-0.1, -0.05) is 133 Å². The maximum Gasteiger partial charge on any atom is 0.136 e. The summed E-state index contributed by atoms with van der Waals surface area (Å²) >= 11 is 0. The first kappa shape index (κ1) is 33.2. The third-order valence-corrected chi connectivity index (χ3v) is 14.7. The number of benzene rings is 12. The Labute approximate surface area is 365 Å². The van der Waals surface area contributed by atoms with Crippen LogP contribution in [0.5, 0.6) is 0 Å². The van der Waals surface area contributed by atoms with Crippen LogP contribution < -0.4 is 0 Å². The Balaban J connectivity index is 1.06. The van der Waals surface area contributed by atoms with Crippen LogP contribution >= 0.6 is 0 Å². The molecule has 2 nitrogen and oxygen atoms in total. The van der Waals surface area contributed by atoms with Gasteiger partial charge in [-0.15, -0.1) is 0 Å². The Morgan fingerprint density at radius 3 is 1.34 bits per heavy atom. The molecule has 64 heavy (non-hydrogen) atoms. The molecule has 12 aromatic carbocycles. The van der Waals surface area contributed by atoms with E-state index >= 15 is 0 Å². The predicted octanol–water partition coefficient (Wildman–Crippen LogP) is 17.9. The lowest BCUT2D eigenvalue weighted by molar-refractivity contribution is 0.668. The molecule has 0 unspecified atom stereocenters. The molecule has 2 aliphatic carbocycles. The van der Waals surface area contributed by atoms with Gasteiger partial charge in [-0.3, -0.25) is 0 Å². The van der Waals surface area contributed by atoms with Gasteiger partial charge in [-0.05, 0) is 181 Å². The number of rotatable bonds is 2. The number of furan rings is 2. The minimum absolute atomic E-state index is 0.898. The van der Waals surface area contributed by atoms with E-state index < -0.39 is 0 Å². The van der Waals surface area contributed by atoms with Crippen molar-refractivity contribution < 1.29 is 8.83 Å². The van der Waals surface area contributed by atoms with Gasteiger partial charge in [0, 0.05) is 21.5 Å². The van der Waals surface area contributed by atoms with Crippen LogP contribution in [0.1, 0.15) is 0 Å². The van der Waals surface area contributed by atoms with Crippen molar-refractivity contribution >= 4 is 97.7 Å². The van der Waals surface area contributed by atoms with Crippen LogP contribution in [0, 0.1) is 0 Å². The fourth-order valence-corrected chi connectivity index (χ4v) is 12.0. The van der Waals surface area contributed by atoms with Crippen molar-refractivity contribution in [2.75, 3.05) is 0 Å². The average Bonchev–Trinajstić information content (AvgIpc) is 4.09. The van der Waals surface area contributed by atoms with Gasteiger partial charge in [0.2, 0.25) is 0 Å². The normalized spacial score (nSPS) is 12.7. The van der Waals surface area contributed by atoms with E-state index in [1.165, 1.54) is 109 Å². The van der Waals surface area contributed by atoms with Gasteiger partial charge in [0.25, 0.3) is 0 Å². The average molecular weight is 809 g/mol. The molecule has 0 saturated carbocycles. The maximum absolute atomic E-state index is 6.57. The van der Waals surface area contributed by atoms with Crippen LogP contribution in [-0.2, 0) is 0 Å². The monoisotopic (exact) mass is 808 g/mol. The van der Waals surface area contributed by atoms with E-state index in [9.17, 15) is 0 Å². The molecule has 0 atom stereocenters. The molecular weight excluding hydrogens is 777 g/mol. The lowest BCUT2D eigenvalue weighted by Crippen LogP contribution is -1.92. The molecule has 2 heterocycles. The summed E-state index contributed by atoms with van der Waals surface area (Å²) in [6, 6.07) is 72.1. The molecule has 0 aliphatic heterocycles. The van der Waals surface area contributed by atoms with Gasteiger partial charge in [-0.2, -0.15) is 0 Å². The van der Waals surface area contributed by atoms with Gasteiger partial charge >= 0.3 is 0 Å². The quantitative estimate of drug-likeness (QED) is 0.163. The number of hydrogen-bond acceptors (Lipinski definition) is 2. The van der Waals surface area contributed by atoms with E-state index in [-0.39, 0.29) is 0 Å². The molecule has 0 saturated heterocycles. The first-order chi connectivity index (χ1) is 31.7. The molecule has 14 aromatic rings. The Morgan fingerprint density at radius 1 is 0.219 bits per heavy atom. The first-order valence-corrected chi connectivity index (χ1v) is 22.1. The van der Waals surface area contributed by atoms with Crippen molar-refractivity contribution in [1.29, 1.82) is 0 Å². The summed E-state index contributed by atoms with van der Waals surface area (Å²) in [5.74, 6) is 0. The van der Waals surface area contributed by atoms with Crippen molar-refractivity contribution in [2.45, 2.75) is 0 Å². The molecular formula is C62H32O2. The third kappa shape index (κ3) is 4.16. The molecule has 292 valence electrons. The van der Waals surface area contributed by atoms with Crippen molar-refractivity contribution in [3.63, 3.8) is 0 Å². The van der Waals surface area contributed by atoms with E-state index in [0.717, 1.165) is 55.0 Å². The minimum Gasteiger partial charge on any atom is -0.456 e. The third-order valence-electron chi connectivity index (χ3n) is 14.7. The van der Waals surface area contributed by atoms with Gasteiger partial charge in [-0.25, -0.2) is 0 Å². The topological polar surface area (TPSA) is 26.3 Å². The molecule has 2 aromatic heterocycles. The molecule has 0 bridgehead atoms. The second-order valence-corrected chi connectivity index (χ2v) is 17.8. The smallest absolute Gasteiger partial charge is 0.136 e. The van der Waals surface area contributed by atoms with Gasteiger partial charge in [0.05, 0.1) is 0 Å². The molecule has 2 heteroatoms. The lowest BCUT2D eigenvalue weighted by Gasteiger charge is -2.19. The van der Waals surface area contributed by atoms with Crippen molar-refractivity contribution in [3.05, 3.63) is 194 Å². The Hall–Kier alpha value is -8.46. The molecule has 0 radical (unpaired) electrons. The summed E-state index contributed by atoms with van der Waals surface area (Å²) in [5.41, 5.74) is 18.7. The van der Waals surface area contributed by atoms with Crippen LogP contribution in [-0.4, -0.2) is 0 Å². The molecule has 0 N–H and O–H groups in total. The molecule has 0 amide bonds. The van der Waals surface area contributed by atoms with Crippen LogP contribution in [0.15, 0.2) is 203 Å². The van der Waals surface area contributed by atoms with E-state index in [0.29, 0.717) is 0 Å². The zero-order valence-electron chi connectivity index (χ0n) is 34.3. The Morgan fingerprint density at radius 2 is 0.672 bits per heavy atom. The van der Waals surface area contributed by atoms with Crippen LogP contribution in [0.3, 0.4) is 0 Å². The van der Waals surface area contributed by atoms with Crippen LogP contribution in [0.4, 0.5) is 0 Å². The fraction of sp³-hybridized carbons (Fsp3) is 0. The maximum atomic E-state index is 6.57. The number of hydrogen-bond donors (Lipinski definition) is 0. The second kappa shape index (κ2) is 11.7. The van der Waals surface area contributed by atoms with Crippen molar-refractivity contribution in [1.82, 2.24) is 0 Å². The lowest BCUT2D eigenvalue weighted by atomic mass is 9.84. The fourth-order valence-electron chi connectivity index (χ4n) is 12.0. The van der Waals surface area contributed by atoms with E-state index in [1.54, 1.807) is 0 Å². The molecule has 0 spiro atoms. The predicted molar refractivity (Wildman–Crippen MR) is 268 cm³/mol. The van der Waals surface area contributed by atoms with Crippen molar-refractivity contribution in [2.24, 2.45) is 0 Å². The molecule has 0 fully saturated rings. The highest BCUT2D eigenvalue weighted by Gasteiger charge is 2.29. The van der Waals surface area contributed by atoms with Gasteiger partial charge < -0.3 is 8.83 Å².